The first-order valence-corrected chi connectivity index (χ1v) is 10.0. The largest absolute Gasteiger partial charge is 0.372 e. The van der Waals surface area contributed by atoms with Crippen LogP contribution >= 0.6 is 11.6 Å². The lowest BCUT2D eigenvalue weighted by Gasteiger charge is -2.35. The van der Waals surface area contributed by atoms with E-state index >= 15 is 0 Å². The minimum atomic E-state index is -3.85. The lowest BCUT2D eigenvalue weighted by atomic mass is 10.2. The first-order valence-electron chi connectivity index (χ1n) is 8.17. The number of sulfone groups is 1. The third-order valence-corrected chi connectivity index (χ3v) is 6.18. The highest BCUT2D eigenvalue weighted by molar-refractivity contribution is 7.95. The van der Waals surface area contributed by atoms with Gasteiger partial charge in [-0.3, -0.25) is 0 Å². The van der Waals surface area contributed by atoms with Gasteiger partial charge in [0.2, 0.25) is 9.84 Å². The van der Waals surface area contributed by atoms with Crippen LogP contribution < -0.4 is 4.90 Å². The number of nitriles is 1. The average Bonchev–Trinajstić information content (AvgIpc) is 2.67. The molecule has 2 aromatic rings. The maximum Gasteiger partial charge on any atom is 0.218 e. The third-order valence-electron chi connectivity index (χ3n) is 4.26. The lowest BCUT2D eigenvalue weighted by Crippen LogP contribution is -2.44. The minimum absolute atomic E-state index is 0.0672. The first kappa shape index (κ1) is 18.3. The molecule has 1 aliphatic rings. The molecule has 26 heavy (non-hydrogen) atoms. The zero-order chi connectivity index (χ0) is 18.6. The normalized spacial score (nSPS) is 15.6. The Morgan fingerprint density at radius 2 is 1.62 bits per heavy atom. The molecular formula is C19H18ClN3O2S. The van der Waals surface area contributed by atoms with Crippen molar-refractivity contribution in [2.75, 3.05) is 31.1 Å². The first-order chi connectivity index (χ1) is 12.5. The van der Waals surface area contributed by atoms with Crippen LogP contribution in [0.15, 0.2) is 70.6 Å². The van der Waals surface area contributed by atoms with Gasteiger partial charge in [0.15, 0.2) is 4.91 Å². The molecule has 134 valence electrons. The van der Waals surface area contributed by atoms with E-state index in [-0.39, 0.29) is 9.80 Å². The molecule has 0 aromatic heterocycles. The summed E-state index contributed by atoms with van der Waals surface area (Å²) in [5.41, 5.74) is 1.14. The number of halogens is 1. The summed E-state index contributed by atoms with van der Waals surface area (Å²) in [4.78, 5) is 3.93. The monoisotopic (exact) mass is 387 g/mol. The molecule has 0 unspecified atom stereocenters. The van der Waals surface area contributed by atoms with E-state index in [4.69, 9.17) is 11.6 Å². The van der Waals surface area contributed by atoms with Gasteiger partial charge in [-0.1, -0.05) is 29.8 Å². The van der Waals surface area contributed by atoms with Crippen molar-refractivity contribution in [1.82, 2.24) is 4.90 Å². The van der Waals surface area contributed by atoms with Gasteiger partial charge in [0, 0.05) is 43.1 Å². The number of nitrogens with zero attached hydrogens (tertiary/aromatic N) is 3. The van der Waals surface area contributed by atoms with Crippen molar-refractivity contribution in [2.45, 2.75) is 4.90 Å². The van der Waals surface area contributed by atoms with E-state index in [9.17, 15) is 13.7 Å². The molecule has 5 nitrogen and oxygen atoms in total. The average molecular weight is 388 g/mol. The van der Waals surface area contributed by atoms with Gasteiger partial charge in [-0.2, -0.15) is 5.26 Å². The van der Waals surface area contributed by atoms with E-state index in [1.165, 1.54) is 30.5 Å². The number of allylic oxidation sites excluding steroid dienone is 1. The van der Waals surface area contributed by atoms with Gasteiger partial charge >= 0.3 is 0 Å². The van der Waals surface area contributed by atoms with Crippen LogP contribution in [0.4, 0.5) is 5.69 Å². The summed E-state index contributed by atoms with van der Waals surface area (Å²) >= 11 is 5.81. The molecule has 1 heterocycles. The zero-order valence-corrected chi connectivity index (χ0v) is 15.6. The molecule has 2 aromatic carbocycles. The number of hydrogen-bond acceptors (Lipinski definition) is 5. The Hall–Kier alpha value is -2.49. The highest BCUT2D eigenvalue weighted by Gasteiger charge is 2.23. The Kier molecular flexibility index (Phi) is 5.50. The fraction of sp³-hybridized carbons (Fsp3) is 0.211. The Balaban J connectivity index is 1.74. The van der Waals surface area contributed by atoms with E-state index in [0.29, 0.717) is 18.1 Å². The van der Waals surface area contributed by atoms with Crippen molar-refractivity contribution in [1.29, 1.82) is 5.26 Å². The van der Waals surface area contributed by atoms with Crippen LogP contribution in [0.25, 0.3) is 0 Å². The van der Waals surface area contributed by atoms with Crippen LogP contribution in [0, 0.1) is 11.3 Å². The maximum absolute atomic E-state index is 12.7. The van der Waals surface area contributed by atoms with Crippen molar-refractivity contribution in [3.8, 4) is 6.07 Å². The highest BCUT2D eigenvalue weighted by atomic mass is 35.5. The van der Waals surface area contributed by atoms with Gasteiger partial charge in [-0.25, -0.2) is 8.42 Å². The minimum Gasteiger partial charge on any atom is -0.372 e. The molecule has 1 aliphatic heterocycles. The molecule has 0 atom stereocenters. The van der Waals surface area contributed by atoms with Gasteiger partial charge in [0.1, 0.15) is 6.07 Å². The Morgan fingerprint density at radius 3 is 2.19 bits per heavy atom. The molecule has 0 spiro atoms. The SMILES string of the molecule is N#C/C(=C\N1CCN(c2ccccc2)CC1)S(=O)(=O)c1ccc(Cl)cc1. The van der Waals surface area contributed by atoms with Crippen LogP contribution in [-0.4, -0.2) is 39.5 Å². The number of rotatable bonds is 4. The van der Waals surface area contributed by atoms with Gasteiger partial charge in [-0.15, -0.1) is 0 Å². The fourth-order valence-electron chi connectivity index (χ4n) is 2.81. The summed E-state index contributed by atoms with van der Waals surface area (Å²) in [6.45, 7) is 2.83. The van der Waals surface area contributed by atoms with Gasteiger partial charge in [0.25, 0.3) is 0 Å². The predicted octanol–water partition coefficient (Wildman–Crippen LogP) is 3.30. The molecule has 1 saturated heterocycles. The second-order valence-electron chi connectivity index (χ2n) is 5.92. The van der Waals surface area contributed by atoms with Crippen LogP contribution in [-0.2, 0) is 9.84 Å². The summed E-state index contributed by atoms with van der Waals surface area (Å²) < 4.78 is 25.3. The number of hydrogen-bond donors (Lipinski definition) is 0. The molecule has 0 radical (unpaired) electrons. The molecule has 7 heteroatoms. The van der Waals surface area contributed by atoms with E-state index in [0.717, 1.165) is 18.8 Å². The van der Waals surface area contributed by atoms with Gasteiger partial charge < -0.3 is 9.80 Å². The van der Waals surface area contributed by atoms with E-state index in [2.05, 4.69) is 17.0 Å². The topological polar surface area (TPSA) is 64.4 Å². The standard InChI is InChI=1S/C19H18ClN3O2S/c20-16-6-8-18(9-7-16)26(24,25)19(14-21)15-22-10-12-23(13-11-22)17-4-2-1-3-5-17/h1-9,15H,10-13H2/b19-15+. The Morgan fingerprint density at radius 1 is 1.00 bits per heavy atom. The smallest absolute Gasteiger partial charge is 0.218 e. The fourth-order valence-corrected chi connectivity index (χ4v) is 4.10. The Bertz CT molecular complexity index is 927. The van der Waals surface area contributed by atoms with Crippen LogP contribution in [0.1, 0.15) is 0 Å². The van der Waals surface area contributed by atoms with E-state index < -0.39 is 9.84 Å². The lowest BCUT2D eigenvalue weighted by molar-refractivity contribution is 0.348. The zero-order valence-electron chi connectivity index (χ0n) is 14.0. The van der Waals surface area contributed by atoms with Crippen molar-refractivity contribution >= 4 is 27.1 Å². The quantitative estimate of drug-likeness (QED) is 0.753. The van der Waals surface area contributed by atoms with E-state index in [1.54, 1.807) is 0 Å². The van der Waals surface area contributed by atoms with Gasteiger partial charge in [-0.05, 0) is 36.4 Å². The summed E-state index contributed by atoms with van der Waals surface area (Å²) in [5, 5.41) is 9.83. The molecule has 0 amide bonds. The van der Waals surface area contributed by atoms with E-state index in [1.807, 2.05) is 29.2 Å². The molecule has 0 bridgehead atoms. The number of anilines is 1. The second-order valence-corrected chi connectivity index (χ2v) is 8.28. The highest BCUT2D eigenvalue weighted by Crippen LogP contribution is 2.22. The number of para-hydroxylation sites is 1. The van der Waals surface area contributed by atoms with Crippen LogP contribution in [0.3, 0.4) is 0 Å². The van der Waals surface area contributed by atoms with Crippen molar-refractivity contribution < 1.29 is 8.42 Å². The summed E-state index contributed by atoms with van der Waals surface area (Å²) in [7, 11) is -3.85. The summed E-state index contributed by atoms with van der Waals surface area (Å²) in [5.74, 6) is 0. The van der Waals surface area contributed by atoms with Crippen LogP contribution in [0.5, 0.6) is 0 Å². The Labute approximate surface area is 158 Å². The molecule has 1 fully saturated rings. The third kappa shape index (κ3) is 4.01. The maximum atomic E-state index is 12.7. The molecule has 0 aliphatic carbocycles. The number of benzene rings is 2. The van der Waals surface area contributed by atoms with Crippen LogP contribution in [0.2, 0.25) is 5.02 Å². The molecule has 3 rings (SSSR count). The summed E-state index contributed by atoms with van der Waals surface area (Å²) in [6.07, 6.45) is 1.45. The van der Waals surface area contributed by atoms with Crippen molar-refractivity contribution in [2.24, 2.45) is 0 Å². The number of piperazine rings is 1. The molecular weight excluding hydrogens is 370 g/mol. The van der Waals surface area contributed by atoms with Crippen molar-refractivity contribution in [3.63, 3.8) is 0 Å². The second kappa shape index (κ2) is 7.81. The molecule has 0 N–H and O–H groups in total. The molecule has 0 saturated carbocycles. The van der Waals surface area contributed by atoms with Gasteiger partial charge in [0.05, 0.1) is 4.90 Å². The van der Waals surface area contributed by atoms with Crippen molar-refractivity contribution in [3.05, 3.63) is 70.7 Å². The summed E-state index contributed by atoms with van der Waals surface area (Å²) in [6, 6.07) is 17.7. The predicted molar refractivity (Wildman–Crippen MR) is 103 cm³/mol.